The molecule has 2 aromatic carbocycles. The molecule has 7 nitrogen and oxygen atoms in total. The largest absolute Gasteiger partial charge is 0.352 e. The number of para-hydroxylation sites is 1. The number of halogens is 1. The zero-order valence-corrected chi connectivity index (χ0v) is 17.7. The van der Waals surface area contributed by atoms with Gasteiger partial charge in [-0.1, -0.05) is 24.3 Å². The zero-order valence-electron chi connectivity index (χ0n) is 16.8. The van der Waals surface area contributed by atoms with Crippen molar-refractivity contribution in [3.8, 4) is 5.69 Å². The minimum absolute atomic E-state index is 0.144. The summed E-state index contributed by atoms with van der Waals surface area (Å²) in [5.41, 5.74) is 3.18. The van der Waals surface area contributed by atoms with Gasteiger partial charge in [0.15, 0.2) is 15.8 Å². The molecule has 3 aromatic rings. The van der Waals surface area contributed by atoms with Gasteiger partial charge in [-0.05, 0) is 34.9 Å². The van der Waals surface area contributed by atoms with Crippen molar-refractivity contribution in [2.45, 2.75) is 18.8 Å². The van der Waals surface area contributed by atoms with E-state index in [4.69, 9.17) is 0 Å². The molecule has 0 spiro atoms. The summed E-state index contributed by atoms with van der Waals surface area (Å²) < 4.78 is 39.0. The maximum absolute atomic E-state index is 13.7. The minimum Gasteiger partial charge on any atom is -0.352 e. The van der Waals surface area contributed by atoms with Crippen LogP contribution in [0.5, 0.6) is 0 Å². The Hall–Kier alpha value is -3.20. The van der Waals surface area contributed by atoms with Crippen LogP contribution in [0.4, 0.5) is 4.39 Å². The van der Waals surface area contributed by atoms with Crippen molar-refractivity contribution in [1.82, 2.24) is 20.2 Å². The fourth-order valence-corrected chi connectivity index (χ4v) is 3.92. The average molecular weight is 430 g/mol. The van der Waals surface area contributed by atoms with Gasteiger partial charge >= 0.3 is 0 Å². The van der Waals surface area contributed by atoms with E-state index in [-0.39, 0.29) is 12.3 Å². The summed E-state index contributed by atoms with van der Waals surface area (Å²) in [6, 6.07) is 12.0. The molecule has 0 saturated heterocycles. The molecule has 158 valence electrons. The van der Waals surface area contributed by atoms with Crippen molar-refractivity contribution < 1.29 is 12.8 Å². The van der Waals surface area contributed by atoms with Gasteiger partial charge in [-0.2, -0.15) is 0 Å². The highest BCUT2D eigenvalue weighted by molar-refractivity contribution is 7.89. The normalized spacial score (nSPS) is 12.0. The molecule has 0 aliphatic heterocycles. The Morgan fingerprint density at radius 1 is 1.10 bits per heavy atom. The average Bonchev–Trinajstić information content (AvgIpc) is 3.24. The minimum atomic E-state index is -3.23. The molecule has 0 radical (unpaired) electrons. The van der Waals surface area contributed by atoms with Crippen LogP contribution < -0.4 is 10.6 Å². The number of aliphatic imine (C=N–C) groups is 1. The molecule has 30 heavy (non-hydrogen) atoms. The van der Waals surface area contributed by atoms with Crippen LogP contribution in [0, 0.1) is 5.82 Å². The summed E-state index contributed by atoms with van der Waals surface area (Å²) in [4.78, 5) is 8.29. The van der Waals surface area contributed by atoms with Gasteiger partial charge in [-0.15, -0.1) is 0 Å². The first-order chi connectivity index (χ1) is 14.4. The number of hydrogen-bond donors (Lipinski definition) is 2. The smallest absolute Gasteiger partial charge is 0.191 e. The molecule has 2 N–H and O–H groups in total. The van der Waals surface area contributed by atoms with Crippen molar-refractivity contribution in [3.63, 3.8) is 0 Å². The lowest BCUT2D eigenvalue weighted by atomic mass is 10.1. The summed E-state index contributed by atoms with van der Waals surface area (Å²) in [5, 5.41) is 6.36. The van der Waals surface area contributed by atoms with E-state index in [0.717, 1.165) is 17.5 Å². The number of benzene rings is 2. The fraction of sp³-hybridized carbons (Fsp3) is 0.238. The molecule has 0 atom stereocenters. The predicted molar refractivity (Wildman–Crippen MR) is 116 cm³/mol. The monoisotopic (exact) mass is 429 g/mol. The van der Waals surface area contributed by atoms with Gasteiger partial charge in [0.1, 0.15) is 5.82 Å². The Bertz CT molecular complexity index is 1130. The third-order valence-corrected chi connectivity index (χ3v) is 5.31. The first kappa shape index (κ1) is 21.5. The Labute approximate surface area is 175 Å². The number of nitrogens with zero attached hydrogens (tertiary/aromatic N) is 3. The van der Waals surface area contributed by atoms with Crippen LogP contribution in [0.25, 0.3) is 5.69 Å². The molecule has 0 aliphatic carbocycles. The van der Waals surface area contributed by atoms with Gasteiger partial charge in [0.2, 0.25) is 0 Å². The molecule has 0 bridgehead atoms. The molecule has 0 amide bonds. The van der Waals surface area contributed by atoms with Crippen molar-refractivity contribution in [1.29, 1.82) is 0 Å². The van der Waals surface area contributed by atoms with Gasteiger partial charge in [0, 0.05) is 38.8 Å². The van der Waals surface area contributed by atoms with E-state index >= 15 is 0 Å². The summed E-state index contributed by atoms with van der Waals surface area (Å²) in [6.07, 6.45) is 6.49. The van der Waals surface area contributed by atoms with Crippen molar-refractivity contribution in [3.05, 3.63) is 83.7 Å². The molecule has 1 heterocycles. The summed E-state index contributed by atoms with van der Waals surface area (Å²) in [7, 11) is -1.59. The second kappa shape index (κ2) is 9.53. The van der Waals surface area contributed by atoms with E-state index in [1.807, 2.05) is 35.0 Å². The van der Waals surface area contributed by atoms with Crippen LogP contribution in [0.3, 0.4) is 0 Å². The van der Waals surface area contributed by atoms with Gasteiger partial charge in [-0.25, -0.2) is 17.8 Å². The first-order valence-electron chi connectivity index (χ1n) is 9.31. The number of nitrogens with one attached hydrogen (secondary N) is 2. The molecule has 0 fully saturated rings. The lowest BCUT2D eigenvalue weighted by Crippen LogP contribution is -2.36. The molecule has 0 unspecified atom stereocenters. The maximum Gasteiger partial charge on any atom is 0.191 e. The van der Waals surface area contributed by atoms with Crippen LogP contribution in [0.15, 0.2) is 66.2 Å². The number of hydrogen-bond acceptors (Lipinski definition) is 4. The Kier molecular flexibility index (Phi) is 6.83. The standard InChI is InChI=1S/C21H24FN5O2S/c1-23-21(25-12-16-5-3-4-6-20(16)27-10-9-24-15-27)26-13-18-11-19(22)8-7-17(18)14-30(2,28)29/h3-11,15H,12-14H2,1-2H3,(H2,23,25,26). The predicted octanol–water partition coefficient (Wildman–Crippen LogP) is 2.42. The van der Waals surface area contributed by atoms with Crippen molar-refractivity contribution in [2.24, 2.45) is 4.99 Å². The third-order valence-electron chi connectivity index (χ3n) is 4.48. The molecule has 0 saturated carbocycles. The molecular weight excluding hydrogens is 405 g/mol. The van der Waals surface area contributed by atoms with Gasteiger partial charge in [0.05, 0.1) is 17.8 Å². The van der Waals surface area contributed by atoms with E-state index in [0.29, 0.717) is 23.6 Å². The number of guanidine groups is 1. The van der Waals surface area contributed by atoms with E-state index in [2.05, 4.69) is 20.6 Å². The van der Waals surface area contributed by atoms with Crippen LogP contribution in [0.1, 0.15) is 16.7 Å². The molecule has 0 aliphatic rings. The van der Waals surface area contributed by atoms with E-state index in [1.165, 1.54) is 18.2 Å². The number of imidazole rings is 1. The second-order valence-electron chi connectivity index (χ2n) is 6.86. The van der Waals surface area contributed by atoms with Crippen LogP contribution >= 0.6 is 0 Å². The molecule has 9 heteroatoms. The second-order valence-corrected chi connectivity index (χ2v) is 9.00. The van der Waals surface area contributed by atoms with Crippen LogP contribution in [-0.4, -0.2) is 37.2 Å². The summed E-state index contributed by atoms with van der Waals surface area (Å²) >= 11 is 0. The number of rotatable bonds is 7. The van der Waals surface area contributed by atoms with Crippen LogP contribution in [0.2, 0.25) is 0 Å². The first-order valence-corrected chi connectivity index (χ1v) is 11.4. The van der Waals surface area contributed by atoms with E-state index < -0.39 is 15.7 Å². The lowest BCUT2D eigenvalue weighted by molar-refractivity contribution is 0.599. The van der Waals surface area contributed by atoms with E-state index in [9.17, 15) is 12.8 Å². The van der Waals surface area contributed by atoms with Gasteiger partial charge in [0.25, 0.3) is 0 Å². The Balaban J connectivity index is 1.68. The SMILES string of the molecule is CN=C(NCc1cc(F)ccc1CS(C)(=O)=O)NCc1ccccc1-n1ccnc1. The van der Waals surface area contributed by atoms with Crippen molar-refractivity contribution in [2.75, 3.05) is 13.3 Å². The lowest BCUT2D eigenvalue weighted by Gasteiger charge is -2.16. The summed E-state index contributed by atoms with van der Waals surface area (Å²) in [6.45, 7) is 0.749. The van der Waals surface area contributed by atoms with Gasteiger partial charge < -0.3 is 15.2 Å². The van der Waals surface area contributed by atoms with Crippen molar-refractivity contribution >= 4 is 15.8 Å². The third kappa shape index (κ3) is 5.90. The zero-order chi connectivity index (χ0) is 21.6. The number of sulfone groups is 1. The summed E-state index contributed by atoms with van der Waals surface area (Å²) in [5.74, 6) is -0.0412. The van der Waals surface area contributed by atoms with Gasteiger partial charge in [-0.3, -0.25) is 4.99 Å². The highest BCUT2D eigenvalue weighted by Crippen LogP contribution is 2.15. The Morgan fingerprint density at radius 2 is 1.83 bits per heavy atom. The number of aromatic nitrogens is 2. The molecule has 3 rings (SSSR count). The highest BCUT2D eigenvalue weighted by Gasteiger charge is 2.11. The molecule has 1 aromatic heterocycles. The highest BCUT2D eigenvalue weighted by atomic mass is 32.2. The maximum atomic E-state index is 13.7. The topological polar surface area (TPSA) is 88.4 Å². The Morgan fingerprint density at radius 3 is 2.50 bits per heavy atom. The molecular formula is C21H24FN5O2S. The quantitative estimate of drug-likeness (QED) is 0.445. The van der Waals surface area contributed by atoms with Crippen LogP contribution in [-0.2, 0) is 28.7 Å². The fourth-order valence-electron chi connectivity index (χ4n) is 3.07. The van der Waals surface area contributed by atoms with E-state index in [1.54, 1.807) is 19.6 Å².